The molecule has 0 radical (unpaired) electrons. The van der Waals surface area contributed by atoms with Gasteiger partial charge in [-0.2, -0.15) is 5.10 Å². The first kappa shape index (κ1) is 20.7. The van der Waals surface area contributed by atoms with Gasteiger partial charge in [-0.3, -0.25) is 14.9 Å². The zero-order chi connectivity index (χ0) is 21.5. The molecule has 0 fully saturated rings. The van der Waals surface area contributed by atoms with Gasteiger partial charge in [-0.25, -0.2) is 14.6 Å². The summed E-state index contributed by atoms with van der Waals surface area (Å²) in [6.45, 7) is 1.34. The number of nitrogens with zero attached hydrogens (tertiary/aromatic N) is 2. The van der Waals surface area contributed by atoms with Crippen LogP contribution in [-0.2, 0) is 19.1 Å². The van der Waals surface area contributed by atoms with Gasteiger partial charge < -0.3 is 10.1 Å². The third-order valence-electron chi connectivity index (χ3n) is 4.19. The van der Waals surface area contributed by atoms with Crippen molar-refractivity contribution in [3.63, 3.8) is 0 Å². The van der Waals surface area contributed by atoms with Crippen LogP contribution in [0.5, 0.6) is 0 Å². The number of carbonyl (C=O) groups is 4. The molecule has 0 bridgehead atoms. The second-order valence-electron chi connectivity index (χ2n) is 6.44. The van der Waals surface area contributed by atoms with E-state index < -0.39 is 24.0 Å². The highest BCUT2D eigenvalue weighted by molar-refractivity contribution is 6.38. The van der Waals surface area contributed by atoms with Crippen molar-refractivity contribution >= 4 is 40.9 Å². The summed E-state index contributed by atoms with van der Waals surface area (Å²) in [6.07, 6.45) is -1.04. The Morgan fingerprint density at radius 3 is 2.30 bits per heavy atom. The number of ether oxygens (including phenoxy) is 1. The van der Waals surface area contributed by atoms with Crippen LogP contribution in [0.4, 0.5) is 16.2 Å². The van der Waals surface area contributed by atoms with Gasteiger partial charge in [0.25, 0.3) is 5.91 Å². The number of rotatable bonds is 5. The molecule has 2 aromatic rings. The van der Waals surface area contributed by atoms with Gasteiger partial charge in [-0.15, -0.1) is 0 Å². The molecule has 1 aliphatic rings. The fraction of sp³-hybridized carbons (Fsp3) is 0.190. The number of hydrogen-bond acceptors (Lipinski definition) is 6. The summed E-state index contributed by atoms with van der Waals surface area (Å²) in [7, 11) is 0. The minimum atomic E-state index is -1.23. The van der Waals surface area contributed by atoms with Gasteiger partial charge in [-0.05, 0) is 31.2 Å². The van der Waals surface area contributed by atoms with Crippen LogP contribution >= 0.6 is 0 Å². The summed E-state index contributed by atoms with van der Waals surface area (Å²) in [6, 6.07) is 16.5. The maximum atomic E-state index is 12.4. The van der Waals surface area contributed by atoms with Gasteiger partial charge >= 0.3 is 12.0 Å². The highest BCUT2D eigenvalue weighted by Crippen LogP contribution is 2.20. The molecule has 4 amide bonds. The summed E-state index contributed by atoms with van der Waals surface area (Å²) in [5.74, 6) is -1.86. The van der Waals surface area contributed by atoms with E-state index in [1.165, 1.54) is 6.92 Å². The monoisotopic (exact) mass is 408 g/mol. The van der Waals surface area contributed by atoms with E-state index in [0.717, 1.165) is 5.01 Å². The first-order valence-electron chi connectivity index (χ1n) is 9.27. The molecule has 9 heteroatoms. The smallest absolute Gasteiger partial charge is 0.355 e. The van der Waals surface area contributed by atoms with E-state index in [-0.39, 0.29) is 24.5 Å². The Morgan fingerprint density at radius 1 is 1.00 bits per heavy atom. The van der Waals surface area contributed by atoms with E-state index in [0.29, 0.717) is 11.4 Å². The molecule has 2 aromatic carbocycles. The highest BCUT2D eigenvalue weighted by atomic mass is 16.5. The van der Waals surface area contributed by atoms with E-state index in [4.69, 9.17) is 4.74 Å². The second-order valence-corrected chi connectivity index (χ2v) is 6.44. The van der Waals surface area contributed by atoms with Gasteiger partial charge in [0, 0.05) is 18.5 Å². The van der Waals surface area contributed by atoms with Crippen LogP contribution in [0.15, 0.2) is 65.8 Å². The average molecular weight is 408 g/mol. The van der Waals surface area contributed by atoms with Crippen LogP contribution in [0.1, 0.15) is 19.8 Å². The number of nitrogens with one attached hydrogen (secondary N) is 2. The number of benzene rings is 2. The van der Waals surface area contributed by atoms with Gasteiger partial charge in [0.15, 0.2) is 6.10 Å². The maximum absolute atomic E-state index is 12.4. The summed E-state index contributed by atoms with van der Waals surface area (Å²) in [5.41, 5.74) is 1.05. The fourth-order valence-electron chi connectivity index (χ4n) is 2.65. The molecule has 30 heavy (non-hydrogen) atoms. The molecule has 1 unspecified atom stereocenters. The second kappa shape index (κ2) is 9.46. The van der Waals surface area contributed by atoms with Crippen LogP contribution in [0.25, 0.3) is 0 Å². The molecular weight excluding hydrogens is 388 g/mol. The standard InChI is InChI=1S/C21H20N4O5/c1-14(19(27)23-21(29)22-15-8-4-2-5-9-15)30-20(28)17-12-13-18(26)25(24-17)16-10-6-3-7-11-16/h2-11,14H,12-13H2,1H3,(H2,22,23,27,29). The van der Waals surface area contributed by atoms with Gasteiger partial charge in [0.2, 0.25) is 5.91 Å². The summed E-state index contributed by atoms with van der Waals surface area (Å²) in [5, 5.41) is 9.82. The highest BCUT2D eigenvalue weighted by Gasteiger charge is 2.29. The molecule has 0 saturated carbocycles. The van der Waals surface area contributed by atoms with Crippen LogP contribution < -0.4 is 15.6 Å². The topological polar surface area (TPSA) is 117 Å². The number of urea groups is 1. The van der Waals surface area contributed by atoms with E-state index in [2.05, 4.69) is 15.7 Å². The maximum Gasteiger partial charge on any atom is 0.355 e. The van der Waals surface area contributed by atoms with E-state index >= 15 is 0 Å². The van der Waals surface area contributed by atoms with Crippen LogP contribution in [0.2, 0.25) is 0 Å². The molecule has 0 aromatic heterocycles. The lowest BCUT2D eigenvalue weighted by Gasteiger charge is -2.23. The number of esters is 1. The lowest BCUT2D eigenvalue weighted by Crippen LogP contribution is -2.43. The van der Waals surface area contributed by atoms with E-state index in [1.54, 1.807) is 60.7 Å². The molecule has 0 aliphatic carbocycles. The molecule has 2 N–H and O–H groups in total. The number of amides is 4. The Morgan fingerprint density at radius 2 is 1.63 bits per heavy atom. The van der Waals surface area contributed by atoms with Crippen molar-refractivity contribution < 1.29 is 23.9 Å². The van der Waals surface area contributed by atoms with Crippen molar-refractivity contribution in [1.82, 2.24) is 5.32 Å². The van der Waals surface area contributed by atoms with Gasteiger partial charge in [0.1, 0.15) is 5.71 Å². The zero-order valence-electron chi connectivity index (χ0n) is 16.2. The van der Waals surface area contributed by atoms with Crippen molar-refractivity contribution in [2.24, 2.45) is 5.10 Å². The van der Waals surface area contributed by atoms with Crippen LogP contribution in [0.3, 0.4) is 0 Å². The Hall–Kier alpha value is -4.01. The van der Waals surface area contributed by atoms with E-state index in [1.807, 2.05) is 0 Å². The minimum absolute atomic E-state index is 0.0202. The molecular formula is C21H20N4O5. The van der Waals surface area contributed by atoms with E-state index in [9.17, 15) is 19.2 Å². The van der Waals surface area contributed by atoms with Crippen molar-refractivity contribution in [3.05, 3.63) is 60.7 Å². The van der Waals surface area contributed by atoms with Crippen molar-refractivity contribution in [3.8, 4) is 0 Å². The molecule has 0 spiro atoms. The van der Waals surface area contributed by atoms with Crippen molar-refractivity contribution in [1.29, 1.82) is 0 Å². The van der Waals surface area contributed by atoms with Crippen LogP contribution in [-0.4, -0.2) is 35.6 Å². The third-order valence-corrected chi connectivity index (χ3v) is 4.19. The predicted octanol–water partition coefficient (Wildman–Crippen LogP) is 2.45. The molecule has 154 valence electrons. The average Bonchev–Trinajstić information content (AvgIpc) is 2.75. The molecule has 1 aliphatic heterocycles. The molecule has 1 atom stereocenters. The first-order valence-corrected chi connectivity index (χ1v) is 9.27. The SMILES string of the molecule is CC(OC(=O)C1=NN(c2ccccc2)C(=O)CC1)C(=O)NC(=O)Nc1ccccc1. The number of imide groups is 1. The molecule has 0 saturated heterocycles. The lowest BCUT2D eigenvalue weighted by molar-refractivity contribution is -0.148. The third kappa shape index (κ3) is 5.28. The van der Waals surface area contributed by atoms with Gasteiger partial charge in [0.05, 0.1) is 5.69 Å². The zero-order valence-corrected chi connectivity index (χ0v) is 16.2. The molecule has 3 rings (SSSR count). The number of para-hydroxylation sites is 2. The Bertz CT molecular complexity index is 975. The number of carbonyl (C=O) groups excluding carboxylic acids is 4. The number of hydrogen-bond donors (Lipinski definition) is 2. The summed E-state index contributed by atoms with van der Waals surface area (Å²) < 4.78 is 5.12. The summed E-state index contributed by atoms with van der Waals surface area (Å²) >= 11 is 0. The molecule has 9 nitrogen and oxygen atoms in total. The van der Waals surface area contributed by atoms with Crippen molar-refractivity contribution in [2.75, 3.05) is 10.3 Å². The quantitative estimate of drug-likeness (QED) is 0.737. The summed E-state index contributed by atoms with van der Waals surface area (Å²) in [4.78, 5) is 48.6. The predicted molar refractivity (Wildman–Crippen MR) is 110 cm³/mol. The molecule has 1 heterocycles. The number of anilines is 2. The van der Waals surface area contributed by atoms with Gasteiger partial charge in [-0.1, -0.05) is 36.4 Å². The fourth-order valence-corrected chi connectivity index (χ4v) is 2.65. The lowest BCUT2D eigenvalue weighted by atomic mass is 10.1. The first-order chi connectivity index (χ1) is 14.4. The Kier molecular flexibility index (Phi) is 6.53. The number of hydrazone groups is 1. The normalized spacial score (nSPS) is 14.4. The van der Waals surface area contributed by atoms with Crippen molar-refractivity contribution in [2.45, 2.75) is 25.9 Å². The Labute approximate surface area is 172 Å². The largest absolute Gasteiger partial charge is 0.448 e. The van der Waals surface area contributed by atoms with Crippen LogP contribution in [0, 0.1) is 0 Å². The Balaban J connectivity index is 1.58. The minimum Gasteiger partial charge on any atom is -0.448 e.